The van der Waals surface area contributed by atoms with Gasteiger partial charge in [-0.15, -0.1) is 0 Å². The second kappa shape index (κ2) is 11.3. The fourth-order valence-corrected chi connectivity index (χ4v) is 4.26. The fourth-order valence-electron chi connectivity index (χ4n) is 3.80. The first-order chi connectivity index (χ1) is 17.8. The summed E-state index contributed by atoms with van der Waals surface area (Å²) in [5.74, 6) is -0.798. The molecule has 0 bridgehead atoms. The molecule has 0 spiro atoms. The second-order valence-corrected chi connectivity index (χ2v) is 9.03. The minimum atomic E-state index is -0.784. The van der Waals surface area contributed by atoms with Gasteiger partial charge in [0.1, 0.15) is 18.2 Å². The van der Waals surface area contributed by atoms with Gasteiger partial charge in [0.15, 0.2) is 0 Å². The van der Waals surface area contributed by atoms with Gasteiger partial charge in [-0.1, -0.05) is 29.3 Å². The molecule has 0 aliphatic heterocycles. The normalized spacial score (nSPS) is 10.9. The Kier molecular flexibility index (Phi) is 7.92. The van der Waals surface area contributed by atoms with Crippen LogP contribution in [0.5, 0.6) is 5.75 Å². The van der Waals surface area contributed by atoms with Gasteiger partial charge >= 0.3 is 0 Å². The third kappa shape index (κ3) is 6.00. The van der Waals surface area contributed by atoms with Crippen LogP contribution in [0.1, 0.15) is 38.4 Å². The molecule has 186 valence electrons. The van der Waals surface area contributed by atoms with E-state index in [4.69, 9.17) is 33.2 Å². The lowest BCUT2D eigenvalue weighted by Gasteiger charge is -2.12. The number of hydrazone groups is 1. The molecule has 0 fully saturated rings. The zero-order valence-corrected chi connectivity index (χ0v) is 21.4. The molecule has 0 saturated carbocycles. The molecule has 1 N–H and O–H groups in total. The Morgan fingerprint density at radius 3 is 2.54 bits per heavy atom. The molecule has 0 saturated heterocycles. The standard InChI is InChI=1S/C28H21Cl2FN4O2/c1-17-11-21(15-33-34-28(36)25-10-3-19(14-32)12-27(25)31)18(2)35(17)23-6-8-24(9-7-23)37-16-20-4-5-22(29)13-26(20)30/h3-13,15H,16H2,1-2H3,(H,34,36)/b33-15-. The van der Waals surface area contributed by atoms with Crippen LogP contribution < -0.4 is 10.2 Å². The largest absolute Gasteiger partial charge is 0.489 e. The highest BCUT2D eigenvalue weighted by molar-refractivity contribution is 6.35. The molecule has 4 rings (SSSR count). The predicted octanol–water partition coefficient (Wildman–Crippen LogP) is 6.75. The Balaban J connectivity index is 1.43. The van der Waals surface area contributed by atoms with E-state index in [0.29, 0.717) is 22.4 Å². The summed E-state index contributed by atoms with van der Waals surface area (Å²) in [5, 5.41) is 13.9. The van der Waals surface area contributed by atoms with Gasteiger partial charge in [-0.05, 0) is 74.5 Å². The molecule has 6 nitrogen and oxygen atoms in total. The summed E-state index contributed by atoms with van der Waals surface area (Å²) in [7, 11) is 0. The number of hydrogen-bond acceptors (Lipinski definition) is 4. The summed E-state index contributed by atoms with van der Waals surface area (Å²) in [4.78, 5) is 12.3. The van der Waals surface area contributed by atoms with Crippen LogP contribution in [0.4, 0.5) is 4.39 Å². The van der Waals surface area contributed by atoms with Crippen LogP contribution in [0.25, 0.3) is 5.69 Å². The van der Waals surface area contributed by atoms with Crippen molar-refractivity contribution >= 4 is 35.3 Å². The molecule has 37 heavy (non-hydrogen) atoms. The first-order valence-corrected chi connectivity index (χ1v) is 11.9. The second-order valence-electron chi connectivity index (χ2n) is 8.19. The van der Waals surface area contributed by atoms with E-state index in [2.05, 4.69) is 10.5 Å². The molecule has 0 atom stereocenters. The van der Waals surface area contributed by atoms with E-state index in [9.17, 15) is 9.18 Å². The topological polar surface area (TPSA) is 79.4 Å². The lowest BCUT2D eigenvalue weighted by atomic mass is 10.1. The van der Waals surface area contributed by atoms with Gasteiger partial charge in [-0.25, -0.2) is 9.82 Å². The molecule has 3 aromatic carbocycles. The van der Waals surface area contributed by atoms with Gasteiger partial charge in [0, 0.05) is 38.2 Å². The van der Waals surface area contributed by atoms with Crippen molar-refractivity contribution in [1.82, 2.24) is 9.99 Å². The number of aryl methyl sites for hydroxylation is 1. The molecule has 0 aliphatic carbocycles. The summed E-state index contributed by atoms with van der Waals surface area (Å²) in [6.45, 7) is 4.21. The molecule has 1 heterocycles. The van der Waals surface area contributed by atoms with Crippen LogP contribution in [0, 0.1) is 31.0 Å². The molecular formula is C28H21Cl2FN4O2. The van der Waals surface area contributed by atoms with Crippen LogP contribution in [0.15, 0.2) is 71.8 Å². The highest BCUT2D eigenvalue weighted by Gasteiger charge is 2.13. The maximum absolute atomic E-state index is 14.1. The Labute approximate surface area is 223 Å². The Morgan fingerprint density at radius 1 is 1.11 bits per heavy atom. The zero-order valence-electron chi connectivity index (χ0n) is 19.9. The van der Waals surface area contributed by atoms with Crippen LogP contribution in [-0.4, -0.2) is 16.7 Å². The third-order valence-corrected chi connectivity index (χ3v) is 6.27. The van der Waals surface area contributed by atoms with E-state index in [1.54, 1.807) is 12.1 Å². The predicted molar refractivity (Wildman–Crippen MR) is 142 cm³/mol. The number of amides is 1. The van der Waals surface area contributed by atoms with E-state index in [1.165, 1.54) is 18.3 Å². The van der Waals surface area contributed by atoms with Gasteiger partial charge in [0.05, 0.1) is 23.4 Å². The van der Waals surface area contributed by atoms with Gasteiger partial charge in [-0.3, -0.25) is 4.79 Å². The number of aromatic nitrogens is 1. The number of carbonyl (C=O) groups is 1. The maximum Gasteiger partial charge on any atom is 0.274 e. The molecule has 0 unspecified atom stereocenters. The molecule has 4 aromatic rings. The van der Waals surface area contributed by atoms with Crippen molar-refractivity contribution in [2.75, 3.05) is 0 Å². The highest BCUT2D eigenvalue weighted by atomic mass is 35.5. The van der Waals surface area contributed by atoms with Crippen LogP contribution in [-0.2, 0) is 6.61 Å². The van der Waals surface area contributed by atoms with Crippen molar-refractivity contribution in [3.05, 3.63) is 116 Å². The Bertz CT molecular complexity index is 1540. The van der Waals surface area contributed by atoms with Crippen molar-refractivity contribution < 1.29 is 13.9 Å². The smallest absolute Gasteiger partial charge is 0.274 e. The number of nitriles is 1. The number of benzene rings is 3. The van der Waals surface area contributed by atoms with Gasteiger partial charge in [0.2, 0.25) is 0 Å². The summed E-state index contributed by atoms with van der Waals surface area (Å²) in [6, 6.07) is 20.3. The van der Waals surface area contributed by atoms with E-state index in [-0.39, 0.29) is 11.1 Å². The number of hydrogen-bond donors (Lipinski definition) is 1. The van der Waals surface area contributed by atoms with E-state index in [1.807, 2.05) is 60.9 Å². The van der Waals surface area contributed by atoms with Gasteiger partial charge in [-0.2, -0.15) is 10.4 Å². The van der Waals surface area contributed by atoms with Crippen molar-refractivity contribution in [3.8, 4) is 17.5 Å². The molecule has 0 radical (unpaired) electrons. The monoisotopic (exact) mass is 534 g/mol. The highest BCUT2D eigenvalue weighted by Crippen LogP contribution is 2.25. The fraction of sp³-hybridized carbons (Fsp3) is 0.107. The Hall–Kier alpha value is -4.12. The van der Waals surface area contributed by atoms with E-state index in [0.717, 1.165) is 34.3 Å². The lowest BCUT2D eigenvalue weighted by molar-refractivity contribution is 0.0951. The number of carbonyl (C=O) groups excluding carboxylic acids is 1. The molecule has 9 heteroatoms. The number of nitrogens with one attached hydrogen (secondary N) is 1. The lowest BCUT2D eigenvalue weighted by Crippen LogP contribution is -2.19. The van der Waals surface area contributed by atoms with Crippen LogP contribution in [0.2, 0.25) is 10.0 Å². The summed E-state index contributed by atoms with van der Waals surface area (Å²) >= 11 is 12.2. The van der Waals surface area contributed by atoms with E-state index >= 15 is 0 Å². The average molecular weight is 535 g/mol. The minimum Gasteiger partial charge on any atom is -0.489 e. The maximum atomic E-state index is 14.1. The van der Waals surface area contributed by atoms with Gasteiger partial charge < -0.3 is 9.30 Å². The van der Waals surface area contributed by atoms with Crippen molar-refractivity contribution in [1.29, 1.82) is 5.26 Å². The summed E-state index contributed by atoms with van der Waals surface area (Å²) in [5.41, 5.74) is 6.69. The van der Waals surface area contributed by atoms with Crippen molar-refractivity contribution in [2.45, 2.75) is 20.5 Å². The molecule has 0 aliphatic rings. The minimum absolute atomic E-state index is 0.135. The zero-order chi connectivity index (χ0) is 26.5. The number of rotatable bonds is 7. The van der Waals surface area contributed by atoms with Crippen LogP contribution in [0.3, 0.4) is 0 Å². The van der Waals surface area contributed by atoms with E-state index < -0.39 is 11.7 Å². The molecule has 1 aromatic heterocycles. The SMILES string of the molecule is Cc1cc(/C=N\NC(=O)c2ccc(C#N)cc2F)c(C)n1-c1ccc(OCc2ccc(Cl)cc2Cl)cc1. The first kappa shape index (κ1) is 26.0. The van der Waals surface area contributed by atoms with Crippen molar-refractivity contribution in [3.63, 3.8) is 0 Å². The number of ether oxygens (including phenoxy) is 1. The quantitative estimate of drug-likeness (QED) is 0.210. The molecular weight excluding hydrogens is 514 g/mol. The first-order valence-electron chi connectivity index (χ1n) is 11.2. The van der Waals surface area contributed by atoms with Crippen molar-refractivity contribution in [2.24, 2.45) is 5.10 Å². The number of halogens is 3. The molecule has 1 amide bonds. The Morgan fingerprint density at radius 2 is 1.86 bits per heavy atom. The average Bonchev–Trinajstić information content (AvgIpc) is 3.16. The number of nitrogens with zero attached hydrogens (tertiary/aromatic N) is 3. The summed E-state index contributed by atoms with van der Waals surface area (Å²) in [6.07, 6.45) is 1.51. The van der Waals surface area contributed by atoms with Crippen LogP contribution >= 0.6 is 23.2 Å². The summed E-state index contributed by atoms with van der Waals surface area (Å²) < 4.78 is 22.0. The third-order valence-electron chi connectivity index (χ3n) is 5.69. The van der Waals surface area contributed by atoms with Gasteiger partial charge in [0.25, 0.3) is 5.91 Å².